The zero-order valence-electron chi connectivity index (χ0n) is 18.8. The van der Waals surface area contributed by atoms with Gasteiger partial charge in [0.05, 0.1) is 7.11 Å². The first-order valence-corrected chi connectivity index (χ1v) is 11.1. The molecule has 2 aliphatic carbocycles. The van der Waals surface area contributed by atoms with Crippen LogP contribution in [0.3, 0.4) is 0 Å². The monoisotopic (exact) mass is 399 g/mol. The van der Waals surface area contributed by atoms with E-state index in [0.29, 0.717) is 18.1 Å². The van der Waals surface area contributed by atoms with Gasteiger partial charge in [-0.25, -0.2) is 0 Å². The maximum absolute atomic E-state index is 12.9. The molecule has 4 nitrogen and oxygen atoms in total. The normalized spacial score (nSPS) is 30.5. The number of methoxy groups -OCH3 is 1. The Morgan fingerprint density at radius 2 is 2.14 bits per heavy atom. The number of rotatable bonds is 10. The second-order valence-electron chi connectivity index (χ2n) is 9.14. The van der Waals surface area contributed by atoms with Crippen molar-refractivity contribution < 1.29 is 14.3 Å². The Bertz CT molecular complexity index is 756. The lowest BCUT2D eigenvalue weighted by molar-refractivity contribution is -0.131. The van der Waals surface area contributed by atoms with Crippen LogP contribution in [0, 0.1) is 17.3 Å². The molecule has 29 heavy (non-hydrogen) atoms. The molecule has 1 saturated heterocycles. The van der Waals surface area contributed by atoms with Crippen molar-refractivity contribution >= 4 is 5.78 Å². The standard InChI is InChI=1S/C25H37NO3/c1-7-21(27)24-25(10-11-26-15-19-8-9-19)14-17(4)12-20(25)23(29-24)22(28-6)13-18(5)16(2)3/h12-13,17,19,24,26H,2,7-11,14-15H2,1,3-6H3/b18-13+,23-22-/t17?,24?,25-/m0/s1. The van der Waals surface area contributed by atoms with Gasteiger partial charge in [0.25, 0.3) is 0 Å². The largest absolute Gasteiger partial charge is 0.493 e. The summed E-state index contributed by atoms with van der Waals surface area (Å²) in [7, 11) is 1.67. The van der Waals surface area contributed by atoms with Crippen molar-refractivity contribution in [1.82, 2.24) is 5.32 Å². The molecule has 160 valence electrons. The van der Waals surface area contributed by atoms with Gasteiger partial charge in [-0.3, -0.25) is 4.79 Å². The summed E-state index contributed by atoms with van der Waals surface area (Å²) in [6.07, 6.45) is 8.89. The second-order valence-corrected chi connectivity index (χ2v) is 9.14. The van der Waals surface area contributed by atoms with Crippen LogP contribution in [0.4, 0.5) is 0 Å². The van der Waals surface area contributed by atoms with Crippen LogP contribution >= 0.6 is 0 Å². The van der Waals surface area contributed by atoms with Crippen LogP contribution in [0.15, 0.2) is 47.0 Å². The fourth-order valence-corrected chi connectivity index (χ4v) is 4.63. The predicted octanol–water partition coefficient (Wildman–Crippen LogP) is 5.09. The number of carbonyl (C=O) groups is 1. The minimum absolute atomic E-state index is 0.179. The van der Waals surface area contributed by atoms with Gasteiger partial charge >= 0.3 is 0 Å². The molecule has 2 unspecified atom stereocenters. The van der Waals surface area contributed by atoms with E-state index >= 15 is 0 Å². The molecule has 0 amide bonds. The highest BCUT2D eigenvalue weighted by molar-refractivity contribution is 5.86. The van der Waals surface area contributed by atoms with E-state index < -0.39 is 6.10 Å². The SMILES string of the molecule is C=C(C)/C(C)=C/C(OC)=C1/OC(C(=O)CC)[C@@]2(CCNCC3CC3)CC(C)C=C12. The van der Waals surface area contributed by atoms with E-state index in [1.165, 1.54) is 12.8 Å². The van der Waals surface area contributed by atoms with Gasteiger partial charge in [-0.15, -0.1) is 0 Å². The van der Waals surface area contributed by atoms with Crippen LogP contribution in [0.25, 0.3) is 0 Å². The third kappa shape index (κ3) is 4.53. The molecule has 4 heteroatoms. The van der Waals surface area contributed by atoms with Crippen molar-refractivity contribution in [2.45, 2.75) is 65.9 Å². The van der Waals surface area contributed by atoms with Gasteiger partial charge in [0.2, 0.25) is 0 Å². The molecule has 3 atom stereocenters. The third-order valence-electron chi connectivity index (χ3n) is 6.64. The van der Waals surface area contributed by atoms with Crippen molar-refractivity contribution in [3.8, 4) is 0 Å². The van der Waals surface area contributed by atoms with Crippen LogP contribution in [0.2, 0.25) is 0 Å². The van der Waals surface area contributed by atoms with Crippen LogP contribution in [-0.2, 0) is 14.3 Å². The zero-order valence-corrected chi connectivity index (χ0v) is 18.8. The molecule has 3 rings (SSSR count). The Labute approximate surface area is 176 Å². The van der Waals surface area contributed by atoms with E-state index in [1.807, 2.05) is 26.8 Å². The lowest BCUT2D eigenvalue weighted by Gasteiger charge is -2.31. The molecule has 1 N–H and O–H groups in total. The summed E-state index contributed by atoms with van der Waals surface area (Å²) in [5, 5.41) is 3.61. The summed E-state index contributed by atoms with van der Waals surface area (Å²) < 4.78 is 12.1. The lowest BCUT2D eigenvalue weighted by Crippen LogP contribution is -2.39. The molecule has 0 aromatic heterocycles. The van der Waals surface area contributed by atoms with E-state index in [-0.39, 0.29) is 11.2 Å². The van der Waals surface area contributed by atoms with E-state index in [0.717, 1.165) is 54.3 Å². The van der Waals surface area contributed by atoms with E-state index in [9.17, 15) is 4.79 Å². The summed E-state index contributed by atoms with van der Waals surface area (Å²) in [5.74, 6) is 2.88. The molecular formula is C25H37NO3. The number of ether oxygens (including phenoxy) is 2. The maximum atomic E-state index is 12.9. The van der Waals surface area contributed by atoms with Gasteiger partial charge in [-0.1, -0.05) is 32.1 Å². The molecule has 0 aromatic carbocycles. The number of carbonyl (C=O) groups excluding carboxylic acids is 1. The van der Waals surface area contributed by atoms with Gasteiger partial charge in [-0.2, -0.15) is 0 Å². The minimum Gasteiger partial charge on any atom is -0.493 e. The molecule has 1 aliphatic heterocycles. The fourth-order valence-electron chi connectivity index (χ4n) is 4.63. The quantitative estimate of drug-likeness (QED) is 0.316. The number of allylic oxidation sites excluding steroid dienone is 5. The van der Waals surface area contributed by atoms with E-state index in [4.69, 9.17) is 9.47 Å². The highest BCUT2D eigenvalue weighted by Crippen LogP contribution is 2.57. The lowest BCUT2D eigenvalue weighted by atomic mass is 9.72. The van der Waals surface area contributed by atoms with Crippen molar-refractivity contribution in [1.29, 1.82) is 0 Å². The molecule has 2 fully saturated rings. The molecule has 0 aromatic rings. The Balaban J connectivity index is 1.96. The van der Waals surface area contributed by atoms with Crippen LogP contribution in [0.5, 0.6) is 0 Å². The first-order valence-electron chi connectivity index (χ1n) is 11.1. The molecule has 0 spiro atoms. The highest BCUT2D eigenvalue weighted by atomic mass is 16.5. The Kier molecular flexibility index (Phi) is 6.72. The van der Waals surface area contributed by atoms with Crippen LogP contribution < -0.4 is 5.32 Å². The fraction of sp³-hybridized carbons (Fsp3) is 0.640. The average molecular weight is 400 g/mol. The Morgan fingerprint density at radius 1 is 1.41 bits per heavy atom. The summed E-state index contributed by atoms with van der Waals surface area (Å²) >= 11 is 0. The molecule has 1 saturated carbocycles. The van der Waals surface area contributed by atoms with Crippen LogP contribution in [-0.4, -0.2) is 32.1 Å². The second kappa shape index (κ2) is 8.91. The molecule has 0 bridgehead atoms. The third-order valence-corrected chi connectivity index (χ3v) is 6.64. The topological polar surface area (TPSA) is 47.6 Å². The van der Waals surface area contributed by atoms with Crippen molar-refractivity contribution in [2.24, 2.45) is 17.3 Å². The van der Waals surface area contributed by atoms with E-state index in [2.05, 4.69) is 24.9 Å². The number of fused-ring (bicyclic) bond motifs is 1. The van der Waals surface area contributed by atoms with Crippen molar-refractivity contribution in [3.05, 3.63) is 47.0 Å². The maximum Gasteiger partial charge on any atom is 0.173 e. The van der Waals surface area contributed by atoms with E-state index in [1.54, 1.807) is 7.11 Å². The number of hydrogen-bond donors (Lipinski definition) is 1. The first kappa shape index (κ1) is 21.9. The molecule has 0 radical (unpaired) electrons. The Hall–Kier alpha value is -1.81. The minimum atomic E-state index is -0.426. The zero-order chi connectivity index (χ0) is 21.2. The number of hydrogen-bond acceptors (Lipinski definition) is 4. The first-order chi connectivity index (χ1) is 13.8. The van der Waals surface area contributed by atoms with Crippen LogP contribution in [0.1, 0.15) is 59.8 Å². The van der Waals surface area contributed by atoms with Crippen molar-refractivity contribution in [2.75, 3.05) is 20.2 Å². The number of nitrogens with one attached hydrogen (secondary N) is 1. The average Bonchev–Trinajstić information content (AvgIpc) is 3.39. The summed E-state index contributed by atoms with van der Waals surface area (Å²) in [4.78, 5) is 12.9. The Morgan fingerprint density at radius 3 is 2.72 bits per heavy atom. The smallest absolute Gasteiger partial charge is 0.173 e. The summed E-state index contributed by atoms with van der Waals surface area (Å²) in [6, 6.07) is 0. The van der Waals surface area contributed by atoms with Gasteiger partial charge in [-0.05, 0) is 76.1 Å². The van der Waals surface area contributed by atoms with Crippen molar-refractivity contribution in [3.63, 3.8) is 0 Å². The predicted molar refractivity (Wildman–Crippen MR) is 117 cm³/mol. The number of ketones is 1. The molecule has 1 heterocycles. The summed E-state index contributed by atoms with van der Waals surface area (Å²) in [5.41, 5.74) is 2.94. The van der Waals surface area contributed by atoms with Gasteiger partial charge in [0.15, 0.2) is 23.4 Å². The van der Waals surface area contributed by atoms with Gasteiger partial charge in [0.1, 0.15) is 0 Å². The summed E-state index contributed by atoms with van der Waals surface area (Å²) in [6.45, 7) is 14.2. The highest BCUT2D eigenvalue weighted by Gasteiger charge is 2.57. The number of Topliss-reactive ketones (excluding diaryl/α,β-unsaturated/α-hetero) is 1. The molecule has 3 aliphatic rings. The van der Waals surface area contributed by atoms with Gasteiger partial charge < -0.3 is 14.8 Å². The molecular weight excluding hydrogens is 362 g/mol. The van der Waals surface area contributed by atoms with Gasteiger partial charge in [0, 0.05) is 17.4 Å².